The third-order valence-electron chi connectivity index (χ3n) is 5.56. The molecular weight excluding hydrogens is 424 g/mol. The van der Waals surface area contributed by atoms with Crippen LogP contribution >= 0.6 is 0 Å². The van der Waals surface area contributed by atoms with Crippen LogP contribution in [-0.4, -0.2) is 46.4 Å². The number of benzene rings is 2. The first kappa shape index (κ1) is 22.0. The maximum absolute atomic E-state index is 12.9. The minimum atomic E-state index is -1.11. The lowest BCUT2D eigenvalue weighted by molar-refractivity contribution is -0.119. The topological polar surface area (TPSA) is 127 Å². The summed E-state index contributed by atoms with van der Waals surface area (Å²) < 4.78 is 0. The molecule has 0 aromatic heterocycles. The Morgan fingerprint density at radius 3 is 1.88 bits per heavy atom. The predicted molar refractivity (Wildman–Crippen MR) is 123 cm³/mol. The molecule has 2 amide bonds. The van der Waals surface area contributed by atoms with Gasteiger partial charge in [0.1, 0.15) is 0 Å². The number of rotatable bonds is 5. The molecule has 0 fully saturated rings. The zero-order valence-electron chi connectivity index (χ0n) is 18.6. The number of amides is 2. The molecule has 10 heteroatoms. The van der Waals surface area contributed by atoms with Gasteiger partial charge < -0.3 is 5.11 Å². The molecule has 4 rings (SSSR count). The molecule has 0 aliphatic carbocycles. The zero-order valence-corrected chi connectivity index (χ0v) is 18.6. The van der Waals surface area contributed by atoms with Gasteiger partial charge in [0.05, 0.1) is 28.4 Å². The summed E-state index contributed by atoms with van der Waals surface area (Å²) >= 11 is 0. The summed E-state index contributed by atoms with van der Waals surface area (Å²) in [6, 6.07) is 9.57. The first-order valence-electron chi connectivity index (χ1n) is 10.3. The third-order valence-corrected chi connectivity index (χ3v) is 5.56. The largest absolute Gasteiger partial charge is 0.478 e. The highest BCUT2D eigenvalue weighted by Crippen LogP contribution is 2.26. The van der Waals surface area contributed by atoms with E-state index in [0.29, 0.717) is 22.8 Å². The number of hydrogen-bond acceptors (Lipinski definition) is 7. The van der Waals surface area contributed by atoms with Gasteiger partial charge in [0, 0.05) is 0 Å². The van der Waals surface area contributed by atoms with E-state index in [1.807, 2.05) is 32.0 Å². The minimum Gasteiger partial charge on any atom is -0.478 e. The lowest BCUT2D eigenvalue weighted by Crippen LogP contribution is -2.32. The molecule has 1 N–H and O–H groups in total. The molecule has 2 aliphatic heterocycles. The van der Waals surface area contributed by atoms with Crippen molar-refractivity contribution >= 4 is 40.6 Å². The summed E-state index contributed by atoms with van der Waals surface area (Å²) in [6.07, 6.45) is 0. The monoisotopic (exact) mass is 446 g/mol. The Labute approximate surface area is 189 Å². The molecule has 2 unspecified atom stereocenters. The van der Waals surface area contributed by atoms with Crippen molar-refractivity contribution in [3.05, 3.63) is 59.2 Å². The van der Waals surface area contributed by atoms with Gasteiger partial charge in [-0.1, -0.05) is 12.1 Å². The van der Waals surface area contributed by atoms with Crippen molar-refractivity contribution in [2.24, 2.45) is 20.4 Å². The van der Waals surface area contributed by atoms with Crippen molar-refractivity contribution in [2.75, 3.05) is 10.0 Å². The normalized spacial score (nSPS) is 20.6. The molecule has 0 spiro atoms. The van der Waals surface area contributed by atoms with Gasteiger partial charge in [-0.05, 0) is 69.2 Å². The van der Waals surface area contributed by atoms with E-state index in [0.717, 1.165) is 16.1 Å². The molecule has 2 aliphatic rings. The standard InChI is InChI=1S/C23H22N6O4/c1-12-8-9-18(10-13(12)2)29-22(31)20(15(4)27-29)25-24-19-14(3)26-28(21(19)30)17-7-5-6-16(11-17)23(32)33/h5-11,19-20H,1-4H3,(H,32,33). The SMILES string of the molecule is CC1=NN(c2cccc(C(=O)O)c2)C(=O)C1N=NC1C(=O)N(c2ccc(C)c(C)c2)N=C1C. The van der Waals surface area contributed by atoms with Crippen molar-refractivity contribution in [2.45, 2.75) is 39.8 Å². The van der Waals surface area contributed by atoms with Crippen LogP contribution in [0.4, 0.5) is 11.4 Å². The highest BCUT2D eigenvalue weighted by Gasteiger charge is 2.38. The number of carboxylic acids is 1. The fraction of sp³-hybridized carbons (Fsp3) is 0.261. The number of anilines is 2. The molecule has 0 radical (unpaired) electrons. The maximum atomic E-state index is 12.9. The maximum Gasteiger partial charge on any atom is 0.335 e. The second-order valence-electron chi connectivity index (χ2n) is 7.94. The van der Waals surface area contributed by atoms with Gasteiger partial charge in [-0.25, -0.2) is 4.79 Å². The molecule has 0 saturated carbocycles. The summed E-state index contributed by atoms with van der Waals surface area (Å²) in [4.78, 5) is 37.1. The predicted octanol–water partition coefficient (Wildman–Crippen LogP) is 3.34. The molecule has 0 bridgehead atoms. The Kier molecular flexibility index (Phi) is 5.59. The van der Waals surface area contributed by atoms with Crippen LogP contribution in [-0.2, 0) is 9.59 Å². The summed E-state index contributed by atoms with van der Waals surface area (Å²) in [5.74, 6) is -1.95. The highest BCUT2D eigenvalue weighted by atomic mass is 16.4. The second kappa shape index (κ2) is 8.38. The molecule has 2 heterocycles. The van der Waals surface area contributed by atoms with Gasteiger partial charge in [0.15, 0.2) is 12.1 Å². The fourth-order valence-corrected chi connectivity index (χ4v) is 3.51. The van der Waals surface area contributed by atoms with E-state index in [-0.39, 0.29) is 11.5 Å². The smallest absolute Gasteiger partial charge is 0.335 e. The Hall–Kier alpha value is -4.21. The van der Waals surface area contributed by atoms with Gasteiger partial charge in [0.2, 0.25) is 0 Å². The van der Waals surface area contributed by atoms with Crippen LogP contribution in [0.1, 0.15) is 35.3 Å². The number of carboxylic acid groups (broad SMARTS) is 1. The molecule has 168 valence electrons. The van der Waals surface area contributed by atoms with Crippen LogP contribution in [0.2, 0.25) is 0 Å². The van der Waals surface area contributed by atoms with Crippen molar-refractivity contribution < 1.29 is 19.5 Å². The molecule has 2 aromatic carbocycles. The van der Waals surface area contributed by atoms with Gasteiger partial charge in [-0.2, -0.15) is 30.4 Å². The van der Waals surface area contributed by atoms with Gasteiger partial charge >= 0.3 is 5.97 Å². The van der Waals surface area contributed by atoms with Crippen LogP contribution < -0.4 is 10.0 Å². The van der Waals surface area contributed by atoms with E-state index in [1.165, 1.54) is 23.2 Å². The van der Waals surface area contributed by atoms with Crippen molar-refractivity contribution in [3.63, 3.8) is 0 Å². The molecule has 0 saturated heterocycles. The summed E-state index contributed by atoms with van der Waals surface area (Å²) in [5.41, 5.74) is 3.98. The quantitative estimate of drug-likeness (QED) is 0.707. The average Bonchev–Trinajstić information content (AvgIpc) is 3.23. The van der Waals surface area contributed by atoms with Crippen LogP contribution in [0.5, 0.6) is 0 Å². The number of nitrogens with zero attached hydrogens (tertiary/aromatic N) is 6. The third kappa shape index (κ3) is 4.02. The lowest BCUT2D eigenvalue weighted by Gasteiger charge is -2.14. The minimum absolute atomic E-state index is 0.0352. The molecular formula is C23H22N6O4. The van der Waals surface area contributed by atoms with Gasteiger partial charge in [-0.3, -0.25) is 9.59 Å². The van der Waals surface area contributed by atoms with E-state index >= 15 is 0 Å². The van der Waals surface area contributed by atoms with Crippen molar-refractivity contribution in [3.8, 4) is 0 Å². The molecule has 2 aromatic rings. The fourth-order valence-electron chi connectivity index (χ4n) is 3.51. The Morgan fingerprint density at radius 2 is 1.36 bits per heavy atom. The van der Waals surface area contributed by atoms with E-state index < -0.39 is 24.0 Å². The Morgan fingerprint density at radius 1 is 0.818 bits per heavy atom. The second-order valence-corrected chi connectivity index (χ2v) is 7.94. The van der Waals surface area contributed by atoms with E-state index in [9.17, 15) is 19.5 Å². The molecule has 33 heavy (non-hydrogen) atoms. The summed E-state index contributed by atoms with van der Waals surface area (Å²) in [6.45, 7) is 7.25. The van der Waals surface area contributed by atoms with Crippen LogP contribution in [0.25, 0.3) is 0 Å². The lowest BCUT2D eigenvalue weighted by atomic mass is 10.1. The summed E-state index contributed by atoms with van der Waals surface area (Å²) in [5, 5.41) is 28.4. The van der Waals surface area contributed by atoms with Gasteiger partial charge in [0.25, 0.3) is 11.8 Å². The van der Waals surface area contributed by atoms with E-state index in [2.05, 4.69) is 20.4 Å². The van der Waals surface area contributed by atoms with Crippen molar-refractivity contribution in [1.29, 1.82) is 0 Å². The Bertz CT molecular complexity index is 1270. The Balaban J connectivity index is 1.53. The number of aryl methyl sites for hydroxylation is 2. The average molecular weight is 446 g/mol. The number of carbonyl (C=O) groups excluding carboxylic acids is 2. The first-order chi connectivity index (χ1) is 15.7. The van der Waals surface area contributed by atoms with Crippen LogP contribution in [0.15, 0.2) is 62.9 Å². The number of hydrazone groups is 2. The molecule has 10 nitrogen and oxygen atoms in total. The van der Waals surface area contributed by atoms with Crippen molar-refractivity contribution in [1.82, 2.24) is 0 Å². The molecule has 2 atom stereocenters. The van der Waals surface area contributed by atoms with Crippen LogP contribution in [0.3, 0.4) is 0 Å². The number of azo groups is 1. The van der Waals surface area contributed by atoms with E-state index in [1.54, 1.807) is 19.9 Å². The van der Waals surface area contributed by atoms with Gasteiger partial charge in [-0.15, -0.1) is 0 Å². The number of hydrogen-bond donors (Lipinski definition) is 1. The number of carbonyl (C=O) groups is 3. The van der Waals surface area contributed by atoms with Crippen LogP contribution in [0, 0.1) is 13.8 Å². The van der Waals surface area contributed by atoms with E-state index in [4.69, 9.17) is 0 Å². The highest BCUT2D eigenvalue weighted by molar-refractivity contribution is 6.19. The zero-order chi connectivity index (χ0) is 23.9. The summed E-state index contributed by atoms with van der Waals surface area (Å²) in [7, 11) is 0. The first-order valence-corrected chi connectivity index (χ1v) is 10.3. The number of aromatic carboxylic acids is 1.